The Morgan fingerprint density at radius 2 is 1.79 bits per heavy atom. The van der Waals surface area contributed by atoms with Crippen molar-refractivity contribution in [3.8, 4) is 11.5 Å². The molecule has 0 saturated heterocycles. The van der Waals surface area contributed by atoms with Crippen molar-refractivity contribution in [1.29, 1.82) is 0 Å². The van der Waals surface area contributed by atoms with Crippen LogP contribution in [0.25, 0.3) is 0 Å². The number of rotatable bonds is 6. The van der Waals surface area contributed by atoms with Crippen LogP contribution >= 0.6 is 0 Å². The number of para-hydroxylation sites is 1. The molecule has 1 aliphatic carbocycles. The first kappa shape index (κ1) is 18.8. The van der Waals surface area contributed by atoms with Gasteiger partial charge in [-0.25, -0.2) is 13.1 Å². The summed E-state index contributed by atoms with van der Waals surface area (Å²) in [5.41, 5.74) is 1.23. The summed E-state index contributed by atoms with van der Waals surface area (Å²) < 4.78 is 38.4. The lowest BCUT2D eigenvalue weighted by molar-refractivity contribution is 0.0950. The number of sulfonamides is 1. The van der Waals surface area contributed by atoms with Gasteiger partial charge in [0.25, 0.3) is 5.91 Å². The minimum absolute atomic E-state index is 0.0418. The lowest BCUT2D eigenvalue weighted by Crippen LogP contribution is -2.26. The highest BCUT2D eigenvalue weighted by atomic mass is 32.2. The second kappa shape index (κ2) is 7.81. The zero-order valence-corrected chi connectivity index (χ0v) is 16.1. The normalized spacial score (nSPS) is 16.3. The maximum atomic E-state index is 12.5. The molecule has 2 N–H and O–H groups in total. The summed E-state index contributed by atoms with van der Waals surface area (Å²) in [5, 5.41) is 2.85. The van der Waals surface area contributed by atoms with Crippen LogP contribution in [0.2, 0.25) is 0 Å². The van der Waals surface area contributed by atoms with Gasteiger partial charge in [-0.15, -0.1) is 0 Å². The minimum Gasteiger partial charge on any atom is -0.490 e. The van der Waals surface area contributed by atoms with Crippen molar-refractivity contribution in [2.45, 2.75) is 36.7 Å². The largest absolute Gasteiger partial charge is 0.490 e. The highest BCUT2D eigenvalue weighted by molar-refractivity contribution is 7.89. The van der Waals surface area contributed by atoms with Crippen molar-refractivity contribution in [1.82, 2.24) is 10.0 Å². The molecule has 2 aliphatic rings. The maximum absolute atomic E-state index is 12.5. The van der Waals surface area contributed by atoms with Gasteiger partial charge in [0.05, 0.1) is 18.1 Å². The fourth-order valence-electron chi connectivity index (χ4n) is 2.94. The van der Waals surface area contributed by atoms with E-state index in [0.29, 0.717) is 30.3 Å². The third kappa shape index (κ3) is 4.28. The smallest absolute Gasteiger partial charge is 0.251 e. The summed E-state index contributed by atoms with van der Waals surface area (Å²) in [5.74, 6) is 1.06. The molecule has 2 aromatic carbocycles. The van der Waals surface area contributed by atoms with Gasteiger partial charge in [0, 0.05) is 30.1 Å². The molecule has 8 heteroatoms. The van der Waals surface area contributed by atoms with Gasteiger partial charge >= 0.3 is 0 Å². The number of carbonyl (C=O) groups is 1. The predicted molar refractivity (Wildman–Crippen MR) is 103 cm³/mol. The number of carbonyl (C=O) groups excluding carboxylic acids is 1. The van der Waals surface area contributed by atoms with Crippen LogP contribution < -0.4 is 19.5 Å². The van der Waals surface area contributed by atoms with E-state index in [-0.39, 0.29) is 23.4 Å². The van der Waals surface area contributed by atoms with Gasteiger partial charge in [0.2, 0.25) is 10.0 Å². The average molecular weight is 402 g/mol. The van der Waals surface area contributed by atoms with Gasteiger partial charge in [-0.2, -0.15) is 0 Å². The van der Waals surface area contributed by atoms with E-state index in [2.05, 4.69) is 10.0 Å². The molecule has 0 unspecified atom stereocenters. The van der Waals surface area contributed by atoms with Crippen molar-refractivity contribution < 1.29 is 22.7 Å². The second-order valence-electron chi connectivity index (χ2n) is 6.90. The van der Waals surface area contributed by atoms with Gasteiger partial charge in [-0.3, -0.25) is 4.79 Å². The van der Waals surface area contributed by atoms with E-state index in [9.17, 15) is 13.2 Å². The molecule has 0 atom stereocenters. The van der Waals surface area contributed by atoms with Crippen molar-refractivity contribution in [2.24, 2.45) is 0 Å². The number of benzene rings is 2. The first-order valence-corrected chi connectivity index (χ1v) is 10.8. The summed E-state index contributed by atoms with van der Waals surface area (Å²) in [6.07, 6.45) is 2.56. The summed E-state index contributed by atoms with van der Waals surface area (Å²) in [6, 6.07) is 11.6. The summed E-state index contributed by atoms with van der Waals surface area (Å²) in [6.45, 7) is 1.46. The SMILES string of the molecule is O=C(NCc1cccc2c1OCCCO2)c1ccc(S(=O)(=O)NC2CC2)cc1. The minimum atomic E-state index is -3.52. The lowest BCUT2D eigenvalue weighted by atomic mass is 10.1. The summed E-state index contributed by atoms with van der Waals surface area (Å²) in [7, 11) is -3.52. The van der Waals surface area contributed by atoms with E-state index in [1.54, 1.807) is 0 Å². The van der Waals surface area contributed by atoms with Gasteiger partial charge in [-0.05, 0) is 43.2 Å². The molecule has 0 radical (unpaired) electrons. The van der Waals surface area contributed by atoms with Crippen LogP contribution in [0.4, 0.5) is 0 Å². The first-order chi connectivity index (χ1) is 13.5. The third-order valence-corrected chi connectivity index (χ3v) is 6.15. The highest BCUT2D eigenvalue weighted by Crippen LogP contribution is 2.33. The molecule has 1 aliphatic heterocycles. The van der Waals surface area contributed by atoms with Crippen molar-refractivity contribution in [3.63, 3.8) is 0 Å². The summed E-state index contributed by atoms with van der Waals surface area (Å²) >= 11 is 0. The molecular formula is C20H22N2O5S. The van der Waals surface area contributed by atoms with E-state index in [1.165, 1.54) is 24.3 Å². The molecule has 0 spiro atoms. The number of ether oxygens (including phenoxy) is 2. The van der Waals surface area contributed by atoms with E-state index in [0.717, 1.165) is 24.8 Å². The quantitative estimate of drug-likeness (QED) is 0.773. The van der Waals surface area contributed by atoms with Crippen LogP contribution in [0.15, 0.2) is 47.4 Å². The van der Waals surface area contributed by atoms with Crippen LogP contribution in [0.1, 0.15) is 35.2 Å². The molecule has 1 heterocycles. The molecule has 148 valence electrons. The average Bonchev–Trinajstić information content (AvgIpc) is 3.52. The Balaban J connectivity index is 1.42. The Hall–Kier alpha value is -2.58. The second-order valence-corrected chi connectivity index (χ2v) is 8.61. The Kier molecular flexibility index (Phi) is 5.23. The molecule has 4 rings (SSSR count). The zero-order valence-electron chi connectivity index (χ0n) is 15.3. The first-order valence-electron chi connectivity index (χ1n) is 9.31. The Bertz CT molecular complexity index is 969. The van der Waals surface area contributed by atoms with Crippen LogP contribution in [-0.4, -0.2) is 33.6 Å². The highest BCUT2D eigenvalue weighted by Gasteiger charge is 2.28. The van der Waals surface area contributed by atoms with E-state index in [4.69, 9.17) is 9.47 Å². The number of hydrogen-bond acceptors (Lipinski definition) is 5. The van der Waals surface area contributed by atoms with Crippen molar-refractivity contribution in [3.05, 3.63) is 53.6 Å². The van der Waals surface area contributed by atoms with Gasteiger partial charge in [0.1, 0.15) is 0 Å². The Morgan fingerprint density at radius 3 is 2.54 bits per heavy atom. The third-order valence-electron chi connectivity index (χ3n) is 4.62. The molecule has 0 aromatic heterocycles. The predicted octanol–water partition coefficient (Wildman–Crippen LogP) is 2.22. The van der Waals surface area contributed by atoms with Crippen LogP contribution in [0.3, 0.4) is 0 Å². The topological polar surface area (TPSA) is 93.7 Å². The van der Waals surface area contributed by atoms with Gasteiger partial charge in [-0.1, -0.05) is 12.1 Å². The lowest BCUT2D eigenvalue weighted by Gasteiger charge is -2.13. The van der Waals surface area contributed by atoms with Crippen molar-refractivity contribution in [2.75, 3.05) is 13.2 Å². The van der Waals surface area contributed by atoms with Crippen molar-refractivity contribution >= 4 is 15.9 Å². The van der Waals surface area contributed by atoms with Gasteiger partial charge in [0.15, 0.2) is 11.5 Å². The summed E-state index contributed by atoms with van der Waals surface area (Å²) in [4.78, 5) is 12.6. The van der Waals surface area contributed by atoms with Crippen LogP contribution in [0, 0.1) is 0 Å². The van der Waals surface area contributed by atoms with E-state index >= 15 is 0 Å². The zero-order chi connectivity index (χ0) is 19.6. The number of amides is 1. The Labute approximate surface area is 164 Å². The fourth-order valence-corrected chi connectivity index (χ4v) is 4.25. The molecule has 1 fully saturated rings. The molecule has 0 bridgehead atoms. The molecular weight excluding hydrogens is 380 g/mol. The number of hydrogen-bond donors (Lipinski definition) is 2. The molecule has 2 aromatic rings. The maximum Gasteiger partial charge on any atom is 0.251 e. The molecule has 7 nitrogen and oxygen atoms in total. The molecule has 1 saturated carbocycles. The molecule has 1 amide bonds. The van der Waals surface area contributed by atoms with E-state index < -0.39 is 10.0 Å². The van der Waals surface area contributed by atoms with Crippen LogP contribution in [-0.2, 0) is 16.6 Å². The monoisotopic (exact) mass is 402 g/mol. The fraction of sp³-hybridized carbons (Fsp3) is 0.350. The standard InChI is InChI=1S/C20H22N2O5S/c23-20(14-5-9-17(10-6-14)28(24,25)22-16-7-8-16)21-13-15-3-1-4-18-19(15)27-12-2-11-26-18/h1,3-6,9-10,16,22H,2,7-8,11-13H2,(H,21,23). The Morgan fingerprint density at radius 1 is 1.04 bits per heavy atom. The molecule has 28 heavy (non-hydrogen) atoms. The number of nitrogens with one attached hydrogen (secondary N) is 2. The van der Waals surface area contributed by atoms with E-state index in [1.807, 2.05) is 18.2 Å². The van der Waals surface area contributed by atoms with Crippen LogP contribution in [0.5, 0.6) is 11.5 Å². The van der Waals surface area contributed by atoms with Gasteiger partial charge < -0.3 is 14.8 Å². The number of fused-ring (bicyclic) bond motifs is 1.